The van der Waals surface area contributed by atoms with Crippen LogP contribution in [0, 0.1) is 0 Å². The lowest BCUT2D eigenvalue weighted by Gasteiger charge is -2.06. The first-order valence-electron chi connectivity index (χ1n) is 9.01. The molecule has 0 spiro atoms. The summed E-state index contributed by atoms with van der Waals surface area (Å²) in [5.74, 6) is 0.219. The van der Waals surface area contributed by atoms with Gasteiger partial charge in [-0.15, -0.1) is 0 Å². The van der Waals surface area contributed by atoms with Crippen molar-refractivity contribution in [3.8, 4) is 0 Å². The monoisotopic (exact) mass is 340 g/mol. The Labute approximate surface area is 142 Å². The van der Waals surface area contributed by atoms with Gasteiger partial charge in [0.2, 0.25) is 10.0 Å². The molecule has 0 aliphatic heterocycles. The second-order valence-corrected chi connectivity index (χ2v) is 8.07. The van der Waals surface area contributed by atoms with Gasteiger partial charge in [-0.25, -0.2) is 13.1 Å². The minimum absolute atomic E-state index is 0.219. The molecule has 1 aromatic heterocycles. The van der Waals surface area contributed by atoms with E-state index in [1.54, 1.807) is 6.20 Å². The SMILES string of the molecule is CCCCCCCCCCCCS(=O)(=O)NCc1ccccn1. The molecule has 0 bridgehead atoms. The molecule has 132 valence electrons. The number of unbranched alkanes of at least 4 members (excludes halogenated alkanes) is 9. The van der Waals surface area contributed by atoms with Crippen molar-refractivity contribution in [3.63, 3.8) is 0 Å². The maximum absolute atomic E-state index is 11.9. The van der Waals surface area contributed by atoms with Gasteiger partial charge in [-0.3, -0.25) is 4.98 Å². The van der Waals surface area contributed by atoms with Crippen LogP contribution in [0.2, 0.25) is 0 Å². The van der Waals surface area contributed by atoms with Crippen molar-refractivity contribution in [2.45, 2.75) is 77.7 Å². The molecule has 1 N–H and O–H groups in total. The van der Waals surface area contributed by atoms with Crippen molar-refractivity contribution in [3.05, 3.63) is 30.1 Å². The number of aromatic nitrogens is 1. The average Bonchev–Trinajstić information content (AvgIpc) is 2.56. The van der Waals surface area contributed by atoms with Crippen LogP contribution in [0.25, 0.3) is 0 Å². The van der Waals surface area contributed by atoms with Crippen molar-refractivity contribution in [1.29, 1.82) is 0 Å². The van der Waals surface area contributed by atoms with Gasteiger partial charge in [0, 0.05) is 6.20 Å². The van der Waals surface area contributed by atoms with Gasteiger partial charge in [0.25, 0.3) is 0 Å². The molecule has 1 heterocycles. The van der Waals surface area contributed by atoms with Gasteiger partial charge in [0.1, 0.15) is 0 Å². The summed E-state index contributed by atoms with van der Waals surface area (Å²) in [5.41, 5.74) is 0.749. The molecule has 0 amide bonds. The van der Waals surface area contributed by atoms with Gasteiger partial charge in [0.05, 0.1) is 18.0 Å². The third-order valence-corrected chi connectivity index (χ3v) is 5.38. The Bertz CT molecular complexity index is 489. The van der Waals surface area contributed by atoms with E-state index in [-0.39, 0.29) is 12.3 Å². The average molecular weight is 341 g/mol. The summed E-state index contributed by atoms with van der Waals surface area (Å²) in [4.78, 5) is 4.11. The van der Waals surface area contributed by atoms with Crippen LogP contribution in [-0.4, -0.2) is 19.2 Å². The third-order valence-electron chi connectivity index (χ3n) is 3.97. The zero-order valence-corrected chi connectivity index (χ0v) is 15.3. The van der Waals surface area contributed by atoms with Crippen molar-refractivity contribution in [1.82, 2.24) is 9.71 Å². The van der Waals surface area contributed by atoms with E-state index < -0.39 is 10.0 Å². The van der Waals surface area contributed by atoms with Crippen molar-refractivity contribution < 1.29 is 8.42 Å². The Morgan fingerprint density at radius 1 is 0.913 bits per heavy atom. The van der Waals surface area contributed by atoms with Crippen LogP contribution >= 0.6 is 0 Å². The Balaban J connectivity index is 1.99. The second-order valence-electron chi connectivity index (χ2n) is 6.14. The highest BCUT2D eigenvalue weighted by atomic mass is 32.2. The van der Waals surface area contributed by atoms with E-state index in [2.05, 4.69) is 16.6 Å². The zero-order chi connectivity index (χ0) is 16.8. The molecule has 0 saturated carbocycles. The summed E-state index contributed by atoms with van der Waals surface area (Å²) < 4.78 is 26.4. The summed E-state index contributed by atoms with van der Waals surface area (Å²) in [6.45, 7) is 2.51. The summed E-state index contributed by atoms with van der Waals surface area (Å²) >= 11 is 0. The van der Waals surface area contributed by atoms with Crippen LogP contribution in [0.3, 0.4) is 0 Å². The maximum Gasteiger partial charge on any atom is 0.211 e. The lowest BCUT2D eigenvalue weighted by molar-refractivity contribution is 0.554. The highest BCUT2D eigenvalue weighted by molar-refractivity contribution is 7.89. The molecule has 1 rings (SSSR count). The van der Waals surface area contributed by atoms with E-state index in [1.165, 1.54) is 44.9 Å². The van der Waals surface area contributed by atoms with Gasteiger partial charge in [-0.1, -0.05) is 70.8 Å². The van der Waals surface area contributed by atoms with E-state index in [0.29, 0.717) is 0 Å². The Hall–Kier alpha value is -0.940. The number of nitrogens with one attached hydrogen (secondary N) is 1. The number of pyridine rings is 1. The first-order chi connectivity index (χ1) is 11.1. The van der Waals surface area contributed by atoms with Crippen LogP contribution in [0.1, 0.15) is 76.8 Å². The van der Waals surface area contributed by atoms with Gasteiger partial charge < -0.3 is 0 Å². The highest BCUT2D eigenvalue weighted by Gasteiger charge is 2.09. The number of rotatable bonds is 14. The van der Waals surface area contributed by atoms with Crippen molar-refractivity contribution in [2.75, 3.05) is 5.75 Å². The maximum atomic E-state index is 11.9. The fourth-order valence-corrected chi connectivity index (χ4v) is 3.63. The minimum Gasteiger partial charge on any atom is -0.260 e. The number of sulfonamides is 1. The van der Waals surface area contributed by atoms with Gasteiger partial charge >= 0.3 is 0 Å². The number of nitrogens with zero attached hydrogens (tertiary/aromatic N) is 1. The normalized spacial score (nSPS) is 11.7. The van der Waals surface area contributed by atoms with Gasteiger partial charge in [-0.05, 0) is 18.6 Å². The summed E-state index contributed by atoms with van der Waals surface area (Å²) in [7, 11) is -3.18. The van der Waals surface area contributed by atoms with Crippen molar-refractivity contribution >= 4 is 10.0 Å². The molecule has 5 heteroatoms. The van der Waals surface area contributed by atoms with Crippen LogP contribution in [0.15, 0.2) is 24.4 Å². The Morgan fingerprint density at radius 3 is 2.09 bits per heavy atom. The molecule has 0 aliphatic carbocycles. The molecule has 0 radical (unpaired) electrons. The highest BCUT2D eigenvalue weighted by Crippen LogP contribution is 2.10. The molecular formula is C18H32N2O2S. The summed E-state index contributed by atoms with van der Waals surface area (Å²) in [6, 6.07) is 5.50. The molecule has 0 aromatic carbocycles. The molecule has 23 heavy (non-hydrogen) atoms. The fraction of sp³-hybridized carbons (Fsp3) is 0.722. The van der Waals surface area contributed by atoms with E-state index in [1.807, 2.05) is 18.2 Å². The van der Waals surface area contributed by atoms with Crippen LogP contribution in [0.5, 0.6) is 0 Å². The lowest BCUT2D eigenvalue weighted by Crippen LogP contribution is -2.26. The molecule has 1 aromatic rings. The van der Waals surface area contributed by atoms with E-state index in [9.17, 15) is 8.42 Å². The van der Waals surface area contributed by atoms with Crippen LogP contribution < -0.4 is 4.72 Å². The van der Waals surface area contributed by atoms with Gasteiger partial charge in [-0.2, -0.15) is 0 Å². The predicted molar refractivity (Wildman–Crippen MR) is 96.7 cm³/mol. The number of hydrogen-bond donors (Lipinski definition) is 1. The fourth-order valence-electron chi connectivity index (χ4n) is 2.54. The predicted octanol–water partition coefficient (Wildman–Crippen LogP) is 4.42. The van der Waals surface area contributed by atoms with Crippen LogP contribution in [-0.2, 0) is 16.6 Å². The molecule has 0 unspecified atom stereocenters. The first kappa shape index (κ1) is 20.1. The Kier molecular flexibility index (Phi) is 10.9. The second kappa shape index (κ2) is 12.5. The minimum atomic E-state index is -3.18. The van der Waals surface area contributed by atoms with E-state index in [0.717, 1.165) is 25.0 Å². The quantitative estimate of drug-likeness (QED) is 0.510. The van der Waals surface area contributed by atoms with Crippen LogP contribution in [0.4, 0.5) is 0 Å². The molecular weight excluding hydrogens is 308 g/mol. The van der Waals surface area contributed by atoms with Gasteiger partial charge in [0.15, 0.2) is 0 Å². The molecule has 4 nitrogen and oxygen atoms in total. The first-order valence-corrected chi connectivity index (χ1v) is 10.7. The van der Waals surface area contributed by atoms with E-state index in [4.69, 9.17) is 0 Å². The smallest absolute Gasteiger partial charge is 0.211 e. The molecule has 0 atom stereocenters. The molecule has 0 saturated heterocycles. The zero-order valence-electron chi connectivity index (χ0n) is 14.5. The largest absolute Gasteiger partial charge is 0.260 e. The topological polar surface area (TPSA) is 59.1 Å². The molecule has 0 aliphatic rings. The van der Waals surface area contributed by atoms with Crippen molar-refractivity contribution in [2.24, 2.45) is 0 Å². The van der Waals surface area contributed by atoms with E-state index >= 15 is 0 Å². The summed E-state index contributed by atoms with van der Waals surface area (Å²) in [5, 5.41) is 0. The summed E-state index contributed by atoms with van der Waals surface area (Å²) in [6.07, 6.45) is 13.7. The third kappa shape index (κ3) is 11.3. The Morgan fingerprint density at radius 2 is 1.52 bits per heavy atom. The lowest BCUT2D eigenvalue weighted by atomic mass is 10.1. The standard InChI is InChI=1S/C18H32N2O2S/c1-2-3-4-5-6-7-8-9-10-13-16-23(21,22)20-17-18-14-11-12-15-19-18/h11-12,14-15,20H,2-10,13,16-17H2,1H3. The number of hydrogen-bond acceptors (Lipinski definition) is 3. The molecule has 0 fully saturated rings.